The maximum Gasteiger partial charge on any atom is 0.0751 e. The van der Waals surface area contributed by atoms with Crippen molar-refractivity contribution in [1.82, 2.24) is 0 Å². The maximum absolute atomic E-state index is 5.99. The van der Waals surface area contributed by atoms with Gasteiger partial charge in [-0.2, -0.15) is 0 Å². The molecule has 1 saturated heterocycles. The molecule has 2 aromatic rings. The molecule has 25 heavy (non-hydrogen) atoms. The molecule has 0 aromatic heterocycles. The van der Waals surface area contributed by atoms with E-state index in [1.165, 1.54) is 27.9 Å². The summed E-state index contributed by atoms with van der Waals surface area (Å²) < 4.78 is 5.99. The summed E-state index contributed by atoms with van der Waals surface area (Å²) in [6.45, 7) is 12.1. The van der Waals surface area contributed by atoms with Crippen LogP contribution in [0.3, 0.4) is 0 Å². The van der Waals surface area contributed by atoms with Gasteiger partial charge in [0.25, 0.3) is 0 Å². The second-order valence-corrected chi connectivity index (χ2v) is 7.60. The summed E-state index contributed by atoms with van der Waals surface area (Å²) >= 11 is 0. The van der Waals surface area contributed by atoms with Crippen LogP contribution >= 0.6 is 0 Å². The third kappa shape index (κ3) is 4.07. The van der Waals surface area contributed by atoms with Gasteiger partial charge in [0.2, 0.25) is 0 Å². The highest BCUT2D eigenvalue weighted by atomic mass is 16.5. The highest BCUT2D eigenvalue weighted by molar-refractivity contribution is 5.58. The highest BCUT2D eigenvalue weighted by Crippen LogP contribution is 2.30. The summed E-state index contributed by atoms with van der Waals surface area (Å²) in [6, 6.07) is 16.0. The first-order valence-corrected chi connectivity index (χ1v) is 9.52. The molecular formula is C23H31NO. The predicted molar refractivity (Wildman–Crippen MR) is 107 cm³/mol. The SMILES string of the molecule is Cc1cc(N2C[C@H](C)O[C@H](C)C2C)c(C)cc1CCc1ccccc1. The lowest BCUT2D eigenvalue weighted by Crippen LogP contribution is -2.52. The zero-order valence-corrected chi connectivity index (χ0v) is 16.3. The van der Waals surface area contributed by atoms with Crippen LogP contribution in [0.15, 0.2) is 42.5 Å². The Morgan fingerprint density at radius 3 is 2.40 bits per heavy atom. The van der Waals surface area contributed by atoms with Crippen LogP contribution in [0.4, 0.5) is 5.69 Å². The molecule has 0 N–H and O–H groups in total. The minimum absolute atomic E-state index is 0.265. The van der Waals surface area contributed by atoms with Crippen molar-refractivity contribution in [2.24, 2.45) is 0 Å². The Morgan fingerprint density at radius 2 is 1.68 bits per heavy atom. The van der Waals surface area contributed by atoms with E-state index in [1.807, 2.05) is 0 Å². The topological polar surface area (TPSA) is 12.5 Å². The van der Waals surface area contributed by atoms with Crippen LogP contribution in [0, 0.1) is 13.8 Å². The third-order valence-electron chi connectivity index (χ3n) is 5.56. The third-order valence-corrected chi connectivity index (χ3v) is 5.56. The molecule has 1 unspecified atom stereocenters. The first-order valence-electron chi connectivity index (χ1n) is 9.52. The van der Waals surface area contributed by atoms with E-state index in [2.05, 4.69) is 82.0 Å². The fourth-order valence-corrected chi connectivity index (χ4v) is 3.90. The number of ether oxygens (including phenoxy) is 1. The van der Waals surface area contributed by atoms with Crippen LogP contribution in [0.2, 0.25) is 0 Å². The maximum atomic E-state index is 5.99. The van der Waals surface area contributed by atoms with Crippen molar-refractivity contribution in [3.8, 4) is 0 Å². The largest absolute Gasteiger partial charge is 0.372 e. The normalized spacial score (nSPS) is 23.7. The lowest BCUT2D eigenvalue weighted by Gasteiger charge is -2.43. The van der Waals surface area contributed by atoms with E-state index < -0.39 is 0 Å². The van der Waals surface area contributed by atoms with E-state index in [9.17, 15) is 0 Å². The summed E-state index contributed by atoms with van der Waals surface area (Å²) in [5.41, 5.74) is 7.02. The van der Waals surface area contributed by atoms with Crippen molar-refractivity contribution < 1.29 is 4.74 Å². The number of anilines is 1. The van der Waals surface area contributed by atoms with Gasteiger partial charge in [-0.05, 0) is 75.8 Å². The van der Waals surface area contributed by atoms with E-state index in [1.54, 1.807) is 0 Å². The quantitative estimate of drug-likeness (QED) is 0.770. The van der Waals surface area contributed by atoms with Crippen LogP contribution in [-0.4, -0.2) is 24.8 Å². The number of hydrogen-bond acceptors (Lipinski definition) is 2. The summed E-state index contributed by atoms with van der Waals surface area (Å²) in [6.07, 6.45) is 2.75. The fraction of sp³-hybridized carbons (Fsp3) is 0.478. The number of morpholine rings is 1. The first-order chi connectivity index (χ1) is 12.0. The summed E-state index contributed by atoms with van der Waals surface area (Å²) in [5, 5.41) is 0. The van der Waals surface area contributed by atoms with Gasteiger partial charge < -0.3 is 9.64 Å². The first kappa shape index (κ1) is 18.0. The number of hydrogen-bond donors (Lipinski definition) is 0. The molecule has 1 fully saturated rings. The van der Waals surface area contributed by atoms with E-state index >= 15 is 0 Å². The molecule has 0 aliphatic carbocycles. The highest BCUT2D eigenvalue weighted by Gasteiger charge is 2.30. The van der Waals surface area contributed by atoms with Gasteiger partial charge in [0.05, 0.1) is 18.2 Å². The van der Waals surface area contributed by atoms with Crippen LogP contribution < -0.4 is 4.90 Å². The van der Waals surface area contributed by atoms with Crippen molar-refractivity contribution in [3.63, 3.8) is 0 Å². The molecule has 0 bridgehead atoms. The van der Waals surface area contributed by atoms with E-state index in [4.69, 9.17) is 4.74 Å². The number of rotatable bonds is 4. The van der Waals surface area contributed by atoms with Gasteiger partial charge in [0.15, 0.2) is 0 Å². The molecule has 1 aliphatic rings. The molecule has 2 nitrogen and oxygen atoms in total. The van der Waals surface area contributed by atoms with Crippen molar-refractivity contribution in [1.29, 1.82) is 0 Å². The van der Waals surface area contributed by atoms with Crippen LogP contribution in [0.1, 0.15) is 43.0 Å². The van der Waals surface area contributed by atoms with Gasteiger partial charge in [0, 0.05) is 12.2 Å². The molecule has 134 valence electrons. The molecule has 2 aromatic carbocycles. The van der Waals surface area contributed by atoms with Gasteiger partial charge >= 0.3 is 0 Å². The van der Waals surface area contributed by atoms with Gasteiger partial charge in [-0.3, -0.25) is 0 Å². The second-order valence-electron chi connectivity index (χ2n) is 7.60. The second kappa shape index (κ2) is 7.61. The monoisotopic (exact) mass is 337 g/mol. The predicted octanol–water partition coefficient (Wildman–Crippen LogP) is 5.09. The van der Waals surface area contributed by atoms with Crippen molar-refractivity contribution in [3.05, 3.63) is 64.7 Å². The van der Waals surface area contributed by atoms with Gasteiger partial charge in [-0.25, -0.2) is 0 Å². The van der Waals surface area contributed by atoms with Crippen LogP contribution in [0.5, 0.6) is 0 Å². The molecule has 3 atom stereocenters. The minimum atomic E-state index is 0.265. The Hall–Kier alpha value is -1.80. The molecule has 0 amide bonds. The molecule has 0 spiro atoms. The summed E-state index contributed by atoms with van der Waals surface area (Å²) in [5.74, 6) is 0. The Morgan fingerprint density at radius 1 is 0.960 bits per heavy atom. The molecule has 1 aliphatic heterocycles. The lowest BCUT2D eigenvalue weighted by molar-refractivity contribution is -0.0258. The smallest absolute Gasteiger partial charge is 0.0751 e. The van der Waals surface area contributed by atoms with Gasteiger partial charge in [-0.1, -0.05) is 36.4 Å². The zero-order valence-electron chi connectivity index (χ0n) is 16.3. The van der Waals surface area contributed by atoms with Gasteiger partial charge in [0.1, 0.15) is 0 Å². The van der Waals surface area contributed by atoms with Gasteiger partial charge in [-0.15, -0.1) is 0 Å². The molecule has 1 heterocycles. The molecule has 2 heteroatoms. The number of benzene rings is 2. The fourth-order valence-electron chi connectivity index (χ4n) is 3.90. The summed E-state index contributed by atoms with van der Waals surface area (Å²) in [4.78, 5) is 2.53. The van der Waals surface area contributed by atoms with E-state index in [0.717, 1.165) is 19.4 Å². The molecule has 0 saturated carbocycles. The number of aryl methyl sites for hydroxylation is 4. The van der Waals surface area contributed by atoms with E-state index in [-0.39, 0.29) is 12.2 Å². The molecule has 3 rings (SSSR count). The minimum Gasteiger partial charge on any atom is -0.372 e. The Bertz CT molecular complexity index is 710. The van der Waals surface area contributed by atoms with E-state index in [0.29, 0.717) is 6.04 Å². The Labute approximate surface area is 152 Å². The Kier molecular flexibility index (Phi) is 5.48. The standard InChI is InChI=1S/C23H31NO/c1-16-14-23(24-15-18(3)25-20(5)19(24)4)17(2)13-22(16)12-11-21-9-7-6-8-10-21/h6-10,13-14,18-20H,11-12,15H2,1-5H3/t18-,19?,20+/m0/s1. The lowest BCUT2D eigenvalue weighted by atomic mass is 9.96. The van der Waals surface area contributed by atoms with Crippen LogP contribution in [-0.2, 0) is 17.6 Å². The van der Waals surface area contributed by atoms with Crippen molar-refractivity contribution in [2.75, 3.05) is 11.4 Å². The van der Waals surface area contributed by atoms with Crippen molar-refractivity contribution in [2.45, 2.75) is 65.7 Å². The van der Waals surface area contributed by atoms with Crippen LogP contribution in [0.25, 0.3) is 0 Å². The molecule has 0 radical (unpaired) electrons. The average Bonchev–Trinajstić information content (AvgIpc) is 2.59. The molecular weight excluding hydrogens is 306 g/mol. The average molecular weight is 338 g/mol. The Balaban J connectivity index is 1.80. The zero-order chi connectivity index (χ0) is 18.0. The van der Waals surface area contributed by atoms with Crippen molar-refractivity contribution >= 4 is 5.69 Å². The number of nitrogens with zero attached hydrogens (tertiary/aromatic N) is 1. The summed E-state index contributed by atoms with van der Waals surface area (Å²) in [7, 11) is 0.